The van der Waals surface area contributed by atoms with Crippen molar-refractivity contribution in [3.8, 4) is 0 Å². The van der Waals surface area contributed by atoms with E-state index >= 15 is 0 Å². The minimum Gasteiger partial charge on any atom is -0.338 e. The summed E-state index contributed by atoms with van der Waals surface area (Å²) in [5.74, 6) is 0.714. The molecule has 4 heteroatoms. The molecule has 0 saturated heterocycles. The van der Waals surface area contributed by atoms with E-state index in [1.165, 1.54) is 5.56 Å². The Labute approximate surface area is 116 Å². The van der Waals surface area contributed by atoms with Crippen molar-refractivity contribution in [3.05, 3.63) is 59.2 Å². The molecule has 0 saturated carbocycles. The van der Waals surface area contributed by atoms with Gasteiger partial charge in [-0.15, -0.1) is 10.2 Å². The van der Waals surface area contributed by atoms with Crippen LogP contribution in [0.15, 0.2) is 48.5 Å². The lowest BCUT2D eigenvalue weighted by atomic mass is 10.2. The molecule has 0 bridgehead atoms. The van der Waals surface area contributed by atoms with E-state index < -0.39 is 0 Å². The Hall–Kier alpha value is -2.13. The van der Waals surface area contributed by atoms with Crippen LogP contribution in [0, 0.1) is 6.92 Å². The highest BCUT2D eigenvalue weighted by molar-refractivity contribution is 6.34. The van der Waals surface area contributed by atoms with Crippen LogP contribution in [0.5, 0.6) is 0 Å². The highest BCUT2D eigenvalue weighted by atomic mass is 35.5. The molecule has 0 spiro atoms. The normalized spacial score (nSPS) is 10.6. The van der Waals surface area contributed by atoms with Crippen molar-refractivity contribution in [2.45, 2.75) is 6.92 Å². The van der Waals surface area contributed by atoms with E-state index in [4.69, 9.17) is 11.6 Å². The Bertz CT molecular complexity index is 740. The number of nitrogens with zero attached hydrogens (tertiary/aromatic N) is 2. The van der Waals surface area contributed by atoms with Crippen molar-refractivity contribution in [1.82, 2.24) is 10.2 Å². The quantitative estimate of drug-likeness (QED) is 0.752. The molecular weight excluding hydrogens is 258 g/mol. The molecule has 3 rings (SSSR count). The molecule has 0 fully saturated rings. The minimum absolute atomic E-state index is 0.422. The van der Waals surface area contributed by atoms with Gasteiger partial charge in [-0.25, -0.2) is 0 Å². The van der Waals surface area contributed by atoms with Crippen molar-refractivity contribution in [2.24, 2.45) is 0 Å². The van der Waals surface area contributed by atoms with Gasteiger partial charge in [0.15, 0.2) is 11.0 Å². The molecule has 0 unspecified atom stereocenters. The largest absolute Gasteiger partial charge is 0.338 e. The molecule has 0 aliphatic carbocycles. The van der Waals surface area contributed by atoms with Crippen LogP contribution in [0.1, 0.15) is 5.56 Å². The second-order valence-corrected chi connectivity index (χ2v) is 4.74. The summed E-state index contributed by atoms with van der Waals surface area (Å²) < 4.78 is 0. The molecule has 0 aliphatic rings. The number of halogens is 1. The lowest BCUT2D eigenvalue weighted by Crippen LogP contribution is -1.97. The molecule has 3 aromatic rings. The second-order valence-electron chi connectivity index (χ2n) is 4.38. The van der Waals surface area contributed by atoms with Crippen molar-refractivity contribution >= 4 is 33.9 Å². The first-order valence-electron chi connectivity index (χ1n) is 5.98. The maximum Gasteiger partial charge on any atom is 0.161 e. The molecular formula is C15H12ClN3. The molecule has 2 aromatic carbocycles. The van der Waals surface area contributed by atoms with Crippen LogP contribution in [-0.4, -0.2) is 10.2 Å². The molecule has 1 aromatic heterocycles. The van der Waals surface area contributed by atoms with E-state index in [2.05, 4.69) is 34.6 Å². The lowest BCUT2D eigenvalue weighted by Gasteiger charge is -2.09. The summed E-state index contributed by atoms with van der Waals surface area (Å²) in [4.78, 5) is 0. The molecule has 0 radical (unpaired) electrons. The first-order valence-corrected chi connectivity index (χ1v) is 6.36. The van der Waals surface area contributed by atoms with Gasteiger partial charge in [-0.2, -0.15) is 0 Å². The summed E-state index contributed by atoms with van der Waals surface area (Å²) in [6.07, 6.45) is 0. The smallest absolute Gasteiger partial charge is 0.161 e. The number of hydrogen-bond donors (Lipinski definition) is 1. The van der Waals surface area contributed by atoms with Gasteiger partial charge in [0.1, 0.15) is 0 Å². The third-order valence-corrected chi connectivity index (χ3v) is 3.20. The van der Waals surface area contributed by atoms with Gasteiger partial charge in [0.2, 0.25) is 0 Å². The topological polar surface area (TPSA) is 37.8 Å². The molecule has 0 aliphatic heterocycles. The number of aryl methyl sites for hydroxylation is 1. The first-order chi connectivity index (χ1) is 9.24. The molecule has 94 valence electrons. The summed E-state index contributed by atoms with van der Waals surface area (Å²) in [5.41, 5.74) is 2.18. The Morgan fingerprint density at radius 1 is 0.947 bits per heavy atom. The van der Waals surface area contributed by atoms with Crippen molar-refractivity contribution in [3.63, 3.8) is 0 Å². The van der Waals surface area contributed by atoms with Gasteiger partial charge in [-0.1, -0.05) is 48.0 Å². The monoisotopic (exact) mass is 269 g/mol. The highest BCUT2D eigenvalue weighted by Crippen LogP contribution is 2.27. The van der Waals surface area contributed by atoms with E-state index in [1.54, 1.807) is 0 Å². The van der Waals surface area contributed by atoms with Crippen molar-refractivity contribution in [2.75, 3.05) is 5.32 Å². The zero-order chi connectivity index (χ0) is 13.2. The summed E-state index contributed by atoms with van der Waals surface area (Å²) >= 11 is 6.06. The van der Waals surface area contributed by atoms with Crippen LogP contribution in [0.2, 0.25) is 5.15 Å². The fourth-order valence-electron chi connectivity index (χ4n) is 2.02. The Morgan fingerprint density at radius 2 is 1.74 bits per heavy atom. The fourth-order valence-corrected chi connectivity index (χ4v) is 2.23. The Morgan fingerprint density at radius 3 is 2.53 bits per heavy atom. The predicted molar refractivity (Wildman–Crippen MR) is 79.0 cm³/mol. The van der Waals surface area contributed by atoms with E-state index in [0.717, 1.165) is 16.5 Å². The molecule has 0 amide bonds. The standard InChI is InChI=1S/C15H12ClN3/c1-10-5-4-6-11(9-10)17-15-13-8-3-2-7-12(13)14(16)18-19-15/h2-9H,1H3,(H,17,19). The zero-order valence-electron chi connectivity index (χ0n) is 10.4. The van der Waals surface area contributed by atoms with Crippen LogP contribution in [0.3, 0.4) is 0 Å². The third kappa shape index (κ3) is 2.37. The van der Waals surface area contributed by atoms with Crippen LogP contribution >= 0.6 is 11.6 Å². The minimum atomic E-state index is 0.422. The maximum absolute atomic E-state index is 6.06. The predicted octanol–water partition coefficient (Wildman–Crippen LogP) is 4.34. The average molecular weight is 270 g/mol. The van der Waals surface area contributed by atoms with Crippen molar-refractivity contribution < 1.29 is 0 Å². The number of benzene rings is 2. The molecule has 3 nitrogen and oxygen atoms in total. The van der Waals surface area contributed by atoms with Crippen LogP contribution in [0.4, 0.5) is 11.5 Å². The summed E-state index contributed by atoms with van der Waals surface area (Å²) in [5, 5.41) is 13.7. The average Bonchev–Trinajstić information content (AvgIpc) is 2.42. The van der Waals surface area contributed by atoms with Crippen molar-refractivity contribution in [1.29, 1.82) is 0 Å². The van der Waals surface area contributed by atoms with Gasteiger partial charge in [0.25, 0.3) is 0 Å². The zero-order valence-corrected chi connectivity index (χ0v) is 11.1. The fraction of sp³-hybridized carbons (Fsp3) is 0.0667. The lowest BCUT2D eigenvalue weighted by molar-refractivity contribution is 1.05. The summed E-state index contributed by atoms with van der Waals surface area (Å²) in [6.45, 7) is 2.05. The number of rotatable bonds is 2. The third-order valence-electron chi connectivity index (χ3n) is 2.92. The van der Waals surface area contributed by atoms with Gasteiger partial charge in [-0.3, -0.25) is 0 Å². The highest BCUT2D eigenvalue weighted by Gasteiger charge is 2.07. The Kier molecular flexibility index (Phi) is 3.05. The summed E-state index contributed by atoms with van der Waals surface area (Å²) in [6, 6.07) is 15.9. The van der Waals surface area contributed by atoms with Crippen LogP contribution < -0.4 is 5.32 Å². The van der Waals surface area contributed by atoms with Gasteiger partial charge in [-0.05, 0) is 24.6 Å². The van der Waals surface area contributed by atoms with Gasteiger partial charge >= 0.3 is 0 Å². The van der Waals surface area contributed by atoms with E-state index in [1.807, 2.05) is 36.4 Å². The van der Waals surface area contributed by atoms with Gasteiger partial charge < -0.3 is 5.32 Å². The van der Waals surface area contributed by atoms with Gasteiger partial charge in [0.05, 0.1) is 0 Å². The van der Waals surface area contributed by atoms with Crippen LogP contribution in [0.25, 0.3) is 10.8 Å². The first kappa shape index (κ1) is 11.9. The molecule has 0 atom stereocenters. The number of nitrogens with one attached hydrogen (secondary N) is 1. The van der Waals surface area contributed by atoms with E-state index in [0.29, 0.717) is 11.0 Å². The maximum atomic E-state index is 6.06. The van der Waals surface area contributed by atoms with Crippen LogP contribution in [-0.2, 0) is 0 Å². The second kappa shape index (κ2) is 4.86. The molecule has 1 heterocycles. The van der Waals surface area contributed by atoms with E-state index in [9.17, 15) is 0 Å². The molecule has 19 heavy (non-hydrogen) atoms. The SMILES string of the molecule is Cc1cccc(Nc2nnc(Cl)c3ccccc23)c1. The number of hydrogen-bond acceptors (Lipinski definition) is 3. The molecule has 1 N–H and O–H groups in total. The van der Waals surface area contributed by atoms with Gasteiger partial charge in [0, 0.05) is 16.5 Å². The van der Waals surface area contributed by atoms with E-state index in [-0.39, 0.29) is 0 Å². The number of aromatic nitrogens is 2. The number of anilines is 2. The number of fused-ring (bicyclic) bond motifs is 1. The Balaban J connectivity index is 2.09. The summed E-state index contributed by atoms with van der Waals surface area (Å²) in [7, 11) is 0.